The van der Waals surface area contributed by atoms with Gasteiger partial charge in [0.2, 0.25) is 5.91 Å². The van der Waals surface area contributed by atoms with Gasteiger partial charge in [-0.2, -0.15) is 0 Å². The number of pyridine rings is 1. The minimum atomic E-state index is -0.0806. The van der Waals surface area contributed by atoms with Crippen LogP contribution in [0.1, 0.15) is 25.8 Å². The van der Waals surface area contributed by atoms with Gasteiger partial charge in [-0.1, -0.05) is 6.07 Å². The van der Waals surface area contributed by atoms with Crippen LogP contribution in [-0.2, 0) is 9.53 Å². The molecule has 2 heterocycles. The summed E-state index contributed by atoms with van der Waals surface area (Å²) < 4.78 is 5.43. The Labute approximate surface area is 184 Å². The van der Waals surface area contributed by atoms with Crippen molar-refractivity contribution >= 4 is 41.7 Å². The third kappa shape index (κ3) is 8.27. The van der Waals surface area contributed by atoms with Gasteiger partial charge in [-0.15, -0.1) is 24.0 Å². The van der Waals surface area contributed by atoms with Gasteiger partial charge in [0.25, 0.3) is 0 Å². The van der Waals surface area contributed by atoms with Crippen molar-refractivity contribution in [2.75, 3.05) is 51.8 Å². The number of ether oxygens (including phenoxy) is 1. The van der Waals surface area contributed by atoms with E-state index in [2.05, 4.69) is 44.7 Å². The molecule has 1 aromatic heterocycles. The molecule has 9 heteroatoms. The number of guanidine groups is 1. The van der Waals surface area contributed by atoms with Gasteiger partial charge in [-0.3, -0.25) is 14.7 Å². The molecule has 0 aromatic carbocycles. The Bertz CT molecular complexity index is 630. The lowest BCUT2D eigenvalue weighted by Gasteiger charge is -2.41. The number of aryl methyl sites for hydroxylation is 1. The summed E-state index contributed by atoms with van der Waals surface area (Å²) in [6.45, 7) is 11.1. The third-order valence-electron chi connectivity index (χ3n) is 4.60. The zero-order chi connectivity index (χ0) is 19.7. The molecule has 8 nitrogen and oxygen atoms in total. The number of carbonyl (C=O) groups is 1. The SMILES string of the molecule is CN=C(NCCC(=O)Nc1ccc(C)cn1)NCC(C)(C)N1CCOCC1.I. The number of aliphatic imine (C=N–C) groups is 1. The van der Waals surface area contributed by atoms with Crippen LogP contribution in [0.4, 0.5) is 5.82 Å². The van der Waals surface area contributed by atoms with Gasteiger partial charge in [0.1, 0.15) is 5.82 Å². The molecule has 0 aliphatic carbocycles. The monoisotopic (exact) mass is 504 g/mol. The molecular formula is C19H33IN6O2. The molecule has 2 rings (SSSR count). The van der Waals surface area contributed by atoms with Crippen LogP contribution in [0.5, 0.6) is 0 Å². The first-order chi connectivity index (χ1) is 12.9. The van der Waals surface area contributed by atoms with Gasteiger partial charge >= 0.3 is 0 Å². The van der Waals surface area contributed by atoms with Gasteiger partial charge < -0.3 is 20.7 Å². The maximum Gasteiger partial charge on any atom is 0.227 e. The number of nitrogens with zero attached hydrogens (tertiary/aromatic N) is 3. The van der Waals surface area contributed by atoms with Crippen molar-refractivity contribution in [2.45, 2.75) is 32.7 Å². The molecular weight excluding hydrogens is 471 g/mol. The summed E-state index contributed by atoms with van der Waals surface area (Å²) in [5.41, 5.74) is 1.06. The minimum Gasteiger partial charge on any atom is -0.379 e. The summed E-state index contributed by atoms with van der Waals surface area (Å²) in [6.07, 6.45) is 2.07. The van der Waals surface area contributed by atoms with Crippen LogP contribution < -0.4 is 16.0 Å². The first-order valence-electron chi connectivity index (χ1n) is 9.40. The largest absolute Gasteiger partial charge is 0.379 e. The summed E-state index contributed by atoms with van der Waals surface area (Å²) in [4.78, 5) is 22.8. The molecule has 1 amide bonds. The van der Waals surface area contributed by atoms with Crippen LogP contribution in [0.15, 0.2) is 23.3 Å². The number of carbonyl (C=O) groups excluding carboxylic acids is 1. The highest BCUT2D eigenvalue weighted by Gasteiger charge is 2.28. The number of hydrogen-bond acceptors (Lipinski definition) is 5. The first kappa shape index (κ1) is 24.6. The average molecular weight is 504 g/mol. The fourth-order valence-electron chi connectivity index (χ4n) is 2.84. The molecule has 0 spiro atoms. The third-order valence-corrected chi connectivity index (χ3v) is 4.60. The molecule has 0 saturated carbocycles. The summed E-state index contributed by atoms with van der Waals surface area (Å²) in [5, 5.41) is 9.33. The molecule has 0 atom stereocenters. The quantitative estimate of drug-likeness (QED) is 0.297. The van der Waals surface area contributed by atoms with Crippen LogP contribution in [0.3, 0.4) is 0 Å². The molecule has 1 saturated heterocycles. The number of hydrogen-bond donors (Lipinski definition) is 3. The first-order valence-corrected chi connectivity index (χ1v) is 9.40. The number of anilines is 1. The highest BCUT2D eigenvalue weighted by Crippen LogP contribution is 2.14. The van der Waals surface area contributed by atoms with E-state index >= 15 is 0 Å². The van der Waals surface area contributed by atoms with Gasteiger partial charge in [0.15, 0.2) is 5.96 Å². The van der Waals surface area contributed by atoms with Crippen LogP contribution in [0.2, 0.25) is 0 Å². The molecule has 28 heavy (non-hydrogen) atoms. The highest BCUT2D eigenvalue weighted by molar-refractivity contribution is 14.0. The molecule has 1 aliphatic heterocycles. The summed E-state index contributed by atoms with van der Waals surface area (Å²) >= 11 is 0. The van der Waals surface area contributed by atoms with Crippen LogP contribution in [0, 0.1) is 6.92 Å². The van der Waals surface area contributed by atoms with Crippen LogP contribution in [0.25, 0.3) is 0 Å². The van der Waals surface area contributed by atoms with Crippen molar-refractivity contribution in [3.05, 3.63) is 23.9 Å². The van der Waals surface area contributed by atoms with Crippen LogP contribution in [-0.4, -0.2) is 73.7 Å². The molecule has 0 bridgehead atoms. The number of amides is 1. The van der Waals surface area contributed by atoms with Crippen LogP contribution >= 0.6 is 24.0 Å². The van der Waals surface area contributed by atoms with Gasteiger partial charge in [-0.05, 0) is 32.4 Å². The second kappa shape index (κ2) is 12.2. The predicted molar refractivity (Wildman–Crippen MR) is 123 cm³/mol. The average Bonchev–Trinajstić information content (AvgIpc) is 2.67. The second-order valence-electron chi connectivity index (χ2n) is 7.28. The fourth-order valence-corrected chi connectivity index (χ4v) is 2.84. The minimum absolute atomic E-state index is 0. The molecule has 0 radical (unpaired) electrons. The van der Waals surface area contributed by atoms with Crippen molar-refractivity contribution in [1.82, 2.24) is 20.5 Å². The highest BCUT2D eigenvalue weighted by atomic mass is 127. The summed E-state index contributed by atoms with van der Waals surface area (Å²) in [5.74, 6) is 1.18. The summed E-state index contributed by atoms with van der Waals surface area (Å²) in [7, 11) is 1.73. The maximum absolute atomic E-state index is 12.0. The maximum atomic E-state index is 12.0. The van der Waals surface area contributed by atoms with Gasteiger partial charge in [-0.25, -0.2) is 4.98 Å². The lowest BCUT2D eigenvalue weighted by molar-refractivity contribution is -0.116. The molecule has 1 aromatic rings. The van der Waals surface area contributed by atoms with E-state index in [0.717, 1.165) is 38.4 Å². The van der Waals surface area contributed by atoms with Crippen molar-refractivity contribution in [3.63, 3.8) is 0 Å². The molecule has 1 fully saturated rings. The second-order valence-corrected chi connectivity index (χ2v) is 7.28. The Kier molecular flexibility index (Phi) is 10.7. The zero-order valence-electron chi connectivity index (χ0n) is 17.2. The van der Waals surface area contributed by atoms with E-state index in [9.17, 15) is 4.79 Å². The molecule has 0 unspecified atom stereocenters. The number of halogens is 1. The standard InChI is InChI=1S/C19H32N6O2.HI/c1-15-5-6-16(22-13-15)24-17(26)7-8-21-18(20-4)23-14-19(2,3)25-9-11-27-12-10-25;/h5-6,13H,7-12,14H2,1-4H3,(H2,20,21,23)(H,22,24,26);1H. The zero-order valence-corrected chi connectivity index (χ0v) is 19.6. The Morgan fingerprint density at radius 1 is 1.29 bits per heavy atom. The topological polar surface area (TPSA) is 90.9 Å². The van der Waals surface area contributed by atoms with E-state index in [1.807, 2.05) is 13.0 Å². The van der Waals surface area contributed by atoms with Crippen molar-refractivity contribution in [2.24, 2.45) is 4.99 Å². The van der Waals surface area contributed by atoms with E-state index in [4.69, 9.17) is 4.74 Å². The van der Waals surface area contributed by atoms with Crippen molar-refractivity contribution in [3.8, 4) is 0 Å². The van der Waals surface area contributed by atoms with E-state index in [-0.39, 0.29) is 35.4 Å². The Morgan fingerprint density at radius 3 is 2.61 bits per heavy atom. The fraction of sp³-hybridized carbons (Fsp3) is 0.632. The normalized spacial score (nSPS) is 15.5. The summed E-state index contributed by atoms with van der Waals surface area (Å²) in [6, 6.07) is 3.72. The van der Waals surface area contributed by atoms with E-state index in [1.165, 1.54) is 0 Å². The number of aromatic nitrogens is 1. The molecule has 158 valence electrons. The Morgan fingerprint density at radius 2 is 2.00 bits per heavy atom. The Balaban J connectivity index is 0.00000392. The lowest BCUT2D eigenvalue weighted by atomic mass is 10.0. The van der Waals surface area contributed by atoms with E-state index in [1.54, 1.807) is 19.3 Å². The van der Waals surface area contributed by atoms with Gasteiger partial charge in [0.05, 0.1) is 13.2 Å². The smallest absolute Gasteiger partial charge is 0.227 e. The lowest BCUT2D eigenvalue weighted by Crippen LogP contribution is -2.56. The predicted octanol–water partition coefficient (Wildman–Crippen LogP) is 1.61. The molecule has 3 N–H and O–H groups in total. The van der Waals surface area contributed by atoms with E-state index < -0.39 is 0 Å². The van der Waals surface area contributed by atoms with Crippen molar-refractivity contribution < 1.29 is 9.53 Å². The molecule has 1 aliphatic rings. The van der Waals surface area contributed by atoms with E-state index in [0.29, 0.717) is 24.7 Å². The Hall–Kier alpha value is -1.46. The number of morpholine rings is 1. The van der Waals surface area contributed by atoms with Gasteiger partial charge in [0, 0.05) is 51.4 Å². The van der Waals surface area contributed by atoms with Crippen molar-refractivity contribution in [1.29, 1.82) is 0 Å². The number of nitrogens with one attached hydrogen (secondary N) is 3. The number of rotatable bonds is 7.